The van der Waals surface area contributed by atoms with Gasteiger partial charge in [-0.1, -0.05) is 64.7 Å². The third kappa shape index (κ3) is 10.8. The number of likely N-dealkylation sites (N-methyl/N-ethyl adjacent to an activating group) is 1. The number of likely N-dealkylation sites (tertiary alicyclic amines) is 1. The van der Waals surface area contributed by atoms with Crippen molar-refractivity contribution in [2.45, 2.75) is 90.4 Å². The lowest BCUT2D eigenvalue weighted by Gasteiger charge is -2.37. The number of carbonyl (C=O) groups excluding carboxylic acids is 1. The second-order valence-electron chi connectivity index (χ2n) is 7.82. The molecule has 23 heavy (non-hydrogen) atoms. The van der Waals surface area contributed by atoms with Gasteiger partial charge < -0.3 is 9.80 Å². The summed E-state index contributed by atoms with van der Waals surface area (Å²) < 4.78 is 0.948. The molecule has 1 aliphatic heterocycles. The van der Waals surface area contributed by atoms with E-state index in [1.165, 1.54) is 90.1 Å². The number of rotatable bonds is 13. The number of hydrogen-bond acceptors (Lipinski definition) is 1. The Morgan fingerprint density at radius 2 is 1.35 bits per heavy atom. The Morgan fingerprint density at radius 3 is 1.91 bits per heavy atom. The molecule has 0 radical (unpaired) electrons. The molecule has 0 spiro atoms. The van der Waals surface area contributed by atoms with E-state index in [0.717, 1.165) is 17.4 Å². The zero-order valence-electron chi connectivity index (χ0n) is 15.9. The number of carbonyl (C=O) groups is 1. The smallest absolute Gasteiger partial charge is 0.275 e. The maximum absolute atomic E-state index is 12.1. The number of nitrogens with zero attached hydrogens (tertiary/aromatic N) is 1. The highest BCUT2D eigenvalue weighted by molar-refractivity contribution is 5.77. The predicted molar refractivity (Wildman–Crippen MR) is 99.5 cm³/mol. The first-order valence-corrected chi connectivity index (χ1v) is 10.3. The van der Waals surface area contributed by atoms with Gasteiger partial charge in [-0.2, -0.15) is 0 Å². The van der Waals surface area contributed by atoms with Crippen LogP contribution in [0.15, 0.2) is 0 Å². The molecule has 3 heteroatoms. The number of hydrogen-bond donors (Lipinski definition) is 1. The molecule has 0 aliphatic carbocycles. The fourth-order valence-electron chi connectivity index (χ4n) is 3.68. The molecular formula is C20H41N2O+. The molecule has 1 aliphatic rings. The van der Waals surface area contributed by atoms with E-state index in [1.54, 1.807) is 0 Å². The van der Waals surface area contributed by atoms with E-state index in [9.17, 15) is 4.79 Å². The molecule has 0 aromatic rings. The van der Waals surface area contributed by atoms with Gasteiger partial charge in [0.15, 0.2) is 6.54 Å². The van der Waals surface area contributed by atoms with Gasteiger partial charge in [0.1, 0.15) is 0 Å². The highest BCUT2D eigenvalue weighted by Crippen LogP contribution is 2.15. The van der Waals surface area contributed by atoms with Crippen LogP contribution in [0.25, 0.3) is 0 Å². The molecule has 0 unspecified atom stereocenters. The molecule has 1 saturated heterocycles. The summed E-state index contributed by atoms with van der Waals surface area (Å²) in [5.74, 6) is 0.255. The quantitative estimate of drug-likeness (QED) is 0.387. The van der Waals surface area contributed by atoms with Crippen molar-refractivity contribution < 1.29 is 9.28 Å². The summed E-state index contributed by atoms with van der Waals surface area (Å²) in [5, 5.41) is 3.13. The van der Waals surface area contributed by atoms with Gasteiger partial charge in [-0.25, -0.2) is 0 Å². The first-order chi connectivity index (χ1) is 11.2. The van der Waals surface area contributed by atoms with Crippen LogP contribution in [0.3, 0.4) is 0 Å². The van der Waals surface area contributed by atoms with Crippen LogP contribution in [-0.2, 0) is 4.79 Å². The lowest BCUT2D eigenvalue weighted by Crippen LogP contribution is -2.53. The number of amides is 1. The second-order valence-corrected chi connectivity index (χ2v) is 7.82. The summed E-state index contributed by atoms with van der Waals surface area (Å²) in [7, 11) is 2.24. The molecule has 0 aromatic carbocycles. The van der Waals surface area contributed by atoms with E-state index in [-0.39, 0.29) is 5.91 Å². The van der Waals surface area contributed by atoms with Gasteiger partial charge >= 0.3 is 0 Å². The van der Waals surface area contributed by atoms with E-state index in [2.05, 4.69) is 19.3 Å². The monoisotopic (exact) mass is 325 g/mol. The summed E-state index contributed by atoms with van der Waals surface area (Å²) in [6, 6.07) is 0. The molecule has 3 nitrogen and oxygen atoms in total. The van der Waals surface area contributed by atoms with Crippen molar-refractivity contribution in [2.24, 2.45) is 0 Å². The number of nitrogens with one attached hydrogen (secondary N) is 1. The minimum atomic E-state index is 0.255. The Balaban J connectivity index is 1.87. The van der Waals surface area contributed by atoms with Gasteiger partial charge in [0.25, 0.3) is 5.91 Å². The van der Waals surface area contributed by atoms with E-state index in [1.807, 2.05) is 0 Å². The third-order valence-electron chi connectivity index (χ3n) is 5.27. The van der Waals surface area contributed by atoms with Gasteiger partial charge in [0.2, 0.25) is 0 Å². The fraction of sp³-hybridized carbons (Fsp3) is 0.950. The maximum atomic E-state index is 12.1. The van der Waals surface area contributed by atoms with Gasteiger partial charge in [-0.3, -0.25) is 4.79 Å². The minimum Gasteiger partial charge on any atom is -0.351 e. The van der Waals surface area contributed by atoms with Crippen molar-refractivity contribution >= 4 is 5.91 Å². The van der Waals surface area contributed by atoms with Crippen LogP contribution in [-0.4, -0.2) is 43.6 Å². The normalized spacial score (nSPS) is 17.1. The Hall–Kier alpha value is -0.570. The first-order valence-electron chi connectivity index (χ1n) is 10.3. The van der Waals surface area contributed by atoms with Crippen LogP contribution >= 0.6 is 0 Å². The lowest BCUT2D eigenvalue weighted by molar-refractivity contribution is -0.906. The summed E-state index contributed by atoms with van der Waals surface area (Å²) in [4.78, 5) is 12.1. The topological polar surface area (TPSA) is 29.1 Å². The van der Waals surface area contributed by atoms with Crippen molar-refractivity contribution in [3.63, 3.8) is 0 Å². The number of quaternary nitrogens is 1. The van der Waals surface area contributed by atoms with Crippen LogP contribution in [0.4, 0.5) is 0 Å². The molecule has 0 aromatic heterocycles. The van der Waals surface area contributed by atoms with E-state index in [4.69, 9.17) is 0 Å². The van der Waals surface area contributed by atoms with E-state index in [0.29, 0.717) is 6.54 Å². The SMILES string of the molecule is CCCCCCCCCCCCNC(=O)C[N+]1(C)CCCCC1. The Morgan fingerprint density at radius 1 is 0.826 bits per heavy atom. The Labute approximate surface area is 144 Å². The molecule has 1 amide bonds. The fourth-order valence-corrected chi connectivity index (χ4v) is 3.68. The third-order valence-corrected chi connectivity index (χ3v) is 5.27. The molecule has 1 N–H and O–H groups in total. The number of piperidine rings is 1. The van der Waals surface area contributed by atoms with Crippen LogP contribution < -0.4 is 5.32 Å². The Bertz CT molecular complexity index is 298. The summed E-state index contributed by atoms with van der Waals surface area (Å²) in [6.07, 6.45) is 17.4. The van der Waals surface area contributed by atoms with Crippen molar-refractivity contribution in [3.05, 3.63) is 0 Å². The lowest BCUT2D eigenvalue weighted by atomic mass is 10.1. The predicted octanol–water partition coefficient (Wildman–Crippen LogP) is 4.65. The van der Waals surface area contributed by atoms with Gasteiger partial charge in [0, 0.05) is 6.54 Å². The highest BCUT2D eigenvalue weighted by atomic mass is 16.2. The van der Waals surface area contributed by atoms with Crippen molar-refractivity contribution in [1.29, 1.82) is 0 Å². The maximum Gasteiger partial charge on any atom is 0.275 e. The zero-order chi connectivity index (χ0) is 16.8. The average molecular weight is 326 g/mol. The van der Waals surface area contributed by atoms with Gasteiger partial charge in [-0.15, -0.1) is 0 Å². The van der Waals surface area contributed by atoms with Crippen LogP contribution in [0, 0.1) is 0 Å². The molecular weight excluding hydrogens is 284 g/mol. The molecule has 0 saturated carbocycles. The van der Waals surface area contributed by atoms with E-state index >= 15 is 0 Å². The van der Waals surface area contributed by atoms with Gasteiger partial charge in [0.05, 0.1) is 20.1 Å². The molecule has 0 bridgehead atoms. The molecule has 1 heterocycles. The van der Waals surface area contributed by atoms with Crippen LogP contribution in [0.1, 0.15) is 90.4 Å². The first kappa shape index (κ1) is 20.5. The summed E-state index contributed by atoms with van der Waals surface area (Å²) in [6.45, 7) is 6.16. The zero-order valence-corrected chi connectivity index (χ0v) is 15.9. The van der Waals surface area contributed by atoms with Crippen LogP contribution in [0.5, 0.6) is 0 Å². The van der Waals surface area contributed by atoms with Crippen molar-refractivity contribution in [3.8, 4) is 0 Å². The molecule has 136 valence electrons. The molecule has 0 atom stereocenters. The van der Waals surface area contributed by atoms with E-state index < -0.39 is 0 Å². The minimum absolute atomic E-state index is 0.255. The summed E-state index contributed by atoms with van der Waals surface area (Å²) in [5.41, 5.74) is 0. The largest absolute Gasteiger partial charge is 0.351 e. The Kier molecular flexibility index (Phi) is 11.4. The second kappa shape index (κ2) is 12.8. The number of unbranched alkanes of at least 4 members (excludes halogenated alkanes) is 9. The van der Waals surface area contributed by atoms with Crippen molar-refractivity contribution in [2.75, 3.05) is 33.2 Å². The molecule has 1 fully saturated rings. The average Bonchev–Trinajstić information content (AvgIpc) is 2.53. The molecule has 1 rings (SSSR count). The summed E-state index contributed by atoms with van der Waals surface area (Å²) >= 11 is 0. The van der Waals surface area contributed by atoms with Crippen molar-refractivity contribution in [1.82, 2.24) is 5.32 Å². The highest BCUT2D eigenvalue weighted by Gasteiger charge is 2.27. The standard InChI is InChI=1S/C20H40N2O/c1-3-4-5-6-7-8-9-10-11-13-16-21-20(23)19-22(2)17-14-12-15-18-22/h3-19H2,1-2H3/p+1. The van der Waals surface area contributed by atoms with Gasteiger partial charge in [-0.05, 0) is 25.7 Å². The van der Waals surface area contributed by atoms with Crippen LogP contribution in [0.2, 0.25) is 0 Å².